The van der Waals surface area contributed by atoms with E-state index in [0.29, 0.717) is 18.4 Å². The van der Waals surface area contributed by atoms with Crippen LogP contribution in [0.3, 0.4) is 0 Å². The number of rotatable bonds is 2. The van der Waals surface area contributed by atoms with Crippen molar-refractivity contribution in [2.45, 2.75) is 37.0 Å². The summed E-state index contributed by atoms with van der Waals surface area (Å²) in [6, 6.07) is 8.02. The molecule has 0 saturated heterocycles. The summed E-state index contributed by atoms with van der Waals surface area (Å²) in [5.41, 5.74) is 0.495. The van der Waals surface area contributed by atoms with Gasteiger partial charge in [-0.3, -0.25) is 4.79 Å². The molecule has 0 aromatic heterocycles. The highest BCUT2D eigenvalue weighted by molar-refractivity contribution is 7.96. The van der Waals surface area contributed by atoms with Gasteiger partial charge in [0.15, 0.2) is 5.78 Å². The first-order valence-electron chi connectivity index (χ1n) is 7.47. The van der Waals surface area contributed by atoms with Gasteiger partial charge in [-0.2, -0.15) is 0 Å². The summed E-state index contributed by atoms with van der Waals surface area (Å²) in [6.07, 6.45) is 4.56. The molecular weight excluding hydrogens is 300 g/mol. The van der Waals surface area contributed by atoms with Crippen molar-refractivity contribution in [1.29, 1.82) is 0 Å². The maximum atomic E-state index is 12.9. The van der Waals surface area contributed by atoms with Gasteiger partial charge in [0.25, 0.3) is 0 Å². The largest absolute Gasteiger partial charge is 0.512 e. The molecule has 0 radical (unpaired) electrons. The number of sulfone groups is 1. The molecule has 0 bridgehead atoms. The van der Waals surface area contributed by atoms with Crippen LogP contribution in [-0.4, -0.2) is 19.3 Å². The van der Waals surface area contributed by atoms with Crippen molar-refractivity contribution in [3.05, 3.63) is 52.6 Å². The number of hydrogen-bond acceptors (Lipinski definition) is 4. The molecule has 2 aliphatic carbocycles. The number of carbonyl (C=O) groups excluding carboxylic acids is 1. The fourth-order valence-electron chi connectivity index (χ4n) is 3.21. The molecular formula is C17H18O4S. The van der Waals surface area contributed by atoms with E-state index < -0.39 is 9.84 Å². The Morgan fingerprint density at radius 1 is 1.05 bits per heavy atom. The van der Waals surface area contributed by atoms with Crippen molar-refractivity contribution in [1.82, 2.24) is 0 Å². The van der Waals surface area contributed by atoms with Crippen molar-refractivity contribution in [2.75, 3.05) is 0 Å². The van der Waals surface area contributed by atoms with Gasteiger partial charge < -0.3 is 5.11 Å². The first kappa shape index (κ1) is 15.0. The predicted octanol–water partition coefficient (Wildman–Crippen LogP) is 3.32. The van der Waals surface area contributed by atoms with Gasteiger partial charge in [-0.05, 0) is 49.0 Å². The summed E-state index contributed by atoms with van der Waals surface area (Å²) in [7, 11) is -3.85. The minimum Gasteiger partial charge on any atom is -0.512 e. The van der Waals surface area contributed by atoms with Crippen LogP contribution in [0.15, 0.2) is 57.5 Å². The summed E-state index contributed by atoms with van der Waals surface area (Å²) in [5.74, 6) is -0.148. The summed E-state index contributed by atoms with van der Waals surface area (Å²) in [4.78, 5) is 12.3. The number of aliphatic hydroxyl groups excluding tert-OH is 1. The van der Waals surface area contributed by atoms with Crippen molar-refractivity contribution < 1.29 is 18.3 Å². The smallest absolute Gasteiger partial charge is 0.210 e. The van der Waals surface area contributed by atoms with E-state index in [1.165, 1.54) is 18.2 Å². The fourth-order valence-corrected chi connectivity index (χ4v) is 4.90. The van der Waals surface area contributed by atoms with Crippen LogP contribution in [0.2, 0.25) is 0 Å². The number of benzene rings is 1. The molecule has 1 N–H and O–H groups in total. The van der Waals surface area contributed by atoms with E-state index in [4.69, 9.17) is 0 Å². The van der Waals surface area contributed by atoms with Crippen LogP contribution >= 0.6 is 0 Å². The highest BCUT2D eigenvalue weighted by Gasteiger charge is 2.36. The van der Waals surface area contributed by atoms with Gasteiger partial charge in [0.05, 0.1) is 10.7 Å². The van der Waals surface area contributed by atoms with E-state index in [-0.39, 0.29) is 33.7 Å². The summed E-state index contributed by atoms with van der Waals surface area (Å²) < 4.78 is 25.8. The third-order valence-corrected chi connectivity index (χ3v) is 6.20. The molecule has 1 atom stereocenters. The van der Waals surface area contributed by atoms with Crippen molar-refractivity contribution in [2.24, 2.45) is 5.92 Å². The number of allylic oxidation sites excluding steroid dienone is 4. The average Bonchev–Trinajstić information content (AvgIpc) is 2.68. The van der Waals surface area contributed by atoms with Crippen LogP contribution in [-0.2, 0) is 14.6 Å². The Labute approximate surface area is 130 Å². The topological polar surface area (TPSA) is 71.4 Å². The minimum absolute atomic E-state index is 0.0378. The average molecular weight is 318 g/mol. The Morgan fingerprint density at radius 3 is 2.50 bits per heavy atom. The SMILES string of the molecule is O=C1CCC2CCCC(O)=CC2=C1S(=O)(=O)c1ccccc1. The molecule has 22 heavy (non-hydrogen) atoms. The van der Waals surface area contributed by atoms with E-state index >= 15 is 0 Å². The molecule has 2 aliphatic rings. The first-order chi connectivity index (χ1) is 10.5. The Balaban J connectivity index is 2.22. The summed E-state index contributed by atoms with van der Waals surface area (Å²) in [5, 5.41) is 9.89. The van der Waals surface area contributed by atoms with Gasteiger partial charge in [-0.25, -0.2) is 8.42 Å². The highest BCUT2D eigenvalue weighted by atomic mass is 32.2. The lowest BCUT2D eigenvalue weighted by molar-refractivity contribution is -0.115. The molecule has 0 fully saturated rings. The number of hydrogen-bond donors (Lipinski definition) is 1. The van der Waals surface area contributed by atoms with Crippen LogP contribution in [0.5, 0.6) is 0 Å². The molecule has 0 aliphatic heterocycles. The van der Waals surface area contributed by atoms with Gasteiger partial charge in [0, 0.05) is 12.8 Å². The predicted molar refractivity (Wildman–Crippen MR) is 82.9 cm³/mol. The van der Waals surface area contributed by atoms with Gasteiger partial charge >= 0.3 is 0 Å². The standard InChI is InChI=1S/C17H18O4S/c18-13-6-4-5-12-9-10-16(19)17(15(12)11-13)22(20,21)14-7-2-1-3-8-14/h1-3,7-8,11-12,18H,4-6,9-10H2. The second-order valence-corrected chi connectivity index (χ2v) is 7.67. The molecule has 0 spiro atoms. The van der Waals surface area contributed by atoms with Crippen LogP contribution in [0.25, 0.3) is 0 Å². The van der Waals surface area contributed by atoms with E-state index in [9.17, 15) is 18.3 Å². The van der Waals surface area contributed by atoms with Gasteiger partial charge in [-0.15, -0.1) is 0 Å². The summed E-state index contributed by atoms with van der Waals surface area (Å²) >= 11 is 0. The van der Waals surface area contributed by atoms with Crippen LogP contribution in [0.4, 0.5) is 0 Å². The van der Waals surface area contributed by atoms with Crippen molar-refractivity contribution in [3.8, 4) is 0 Å². The monoisotopic (exact) mass is 318 g/mol. The summed E-state index contributed by atoms with van der Waals surface area (Å²) in [6.45, 7) is 0. The molecule has 3 rings (SSSR count). The third-order valence-electron chi connectivity index (χ3n) is 4.30. The van der Waals surface area contributed by atoms with E-state index in [0.717, 1.165) is 12.8 Å². The molecule has 5 heteroatoms. The number of ketones is 1. The number of Topliss-reactive ketones (excluding diaryl/α,β-unsaturated/α-hetero) is 1. The number of aliphatic hydroxyl groups is 1. The number of carbonyl (C=O) groups is 1. The van der Waals surface area contributed by atoms with Crippen LogP contribution < -0.4 is 0 Å². The Hall–Kier alpha value is -1.88. The molecule has 1 aromatic rings. The van der Waals surface area contributed by atoms with Crippen LogP contribution in [0, 0.1) is 5.92 Å². The van der Waals surface area contributed by atoms with Crippen LogP contribution in [0.1, 0.15) is 32.1 Å². The Kier molecular flexibility index (Phi) is 3.91. The zero-order valence-electron chi connectivity index (χ0n) is 12.2. The quantitative estimate of drug-likeness (QED) is 0.908. The molecule has 4 nitrogen and oxygen atoms in total. The molecule has 1 aromatic carbocycles. The van der Waals surface area contributed by atoms with E-state index in [1.54, 1.807) is 18.2 Å². The highest BCUT2D eigenvalue weighted by Crippen LogP contribution is 2.39. The number of fused-ring (bicyclic) bond motifs is 1. The lowest BCUT2D eigenvalue weighted by Gasteiger charge is -2.24. The van der Waals surface area contributed by atoms with Gasteiger partial charge in [-0.1, -0.05) is 18.2 Å². The van der Waals surface area contributed by atoms with Gasteiger partial charge in [0.2, 0.25) is 9.84 Å². The van der Waals surface area contributed by atoms with E-state index in [2.05, 4.69) is 0 Å². The molecule has 0 amide bonds. The first-order valence-corrected chi connectivity index (χ1v) is 8.95. The van der Waals surface area contributed by atoms with Crippen molar-refractivity contribution >= 4 is 15.6 Å². The maximum absolute atomic E-state index is 12.9. The normalized spacial score (nSPS) is 22.8. The zero-order chi connectivity index (χ0) is 15.7. The zero-order valence-corrected chi connectivity index (χ0v) is 13.0. The lowest BCUT2D eigenvalue weighted by atomic mass is 9.85. The minimum atomic E-state index is -3.85. The second kappa shape index (κ2) is 5.72. The molecule has 116 valence electrons. The Bertz CT molecular complexity index is 757. The second-order valence-electron chi connectivity index (χ2n) is 5.79. The van der Waals surface area contributed by atoms with E-state index in [1.807, 2.05) is 0 Å². The van der Waals surface area contributed by atoms with Gasteiger partial charge in [0.1, 0.15) is 4.91 Å². The maximum Gasteiger partial charge on any atom is 0.210 e. The Morgan fingerprint density at radius 2 is 1.77 bits per heavy atom. The van der Waals surface area contributed by atoms with Crippen molar-refractivity contribution in [3.63, 3.8) is 0 Å². The fraction of sp³-hybridized carbons (Fsp3) is 0.353. The molecule has 0 heterocycles. The third kappa shape index (κ3) is 2.61. The lowest BCUT2D eigenvalue weighted by Crippen LogP contribution is -2.24. The molecule has 1 unspecified atom stereocenters. The molecule has 0 saturated carbocycles.